The number of ether oxygens (including phenoxy) is 1. The van der Waals surface area contributed by atoms with Crippen molar-refractivity contribution in [1.82, 2.24) is 9.62 Å². The van der Waals surface area contributed by atoms with Crippen molar-refractivity contribution in [2.75, 3.05) is 26.0 Å². The lowest BCUT2D eigenvalue weighted by molar-refractivity contribution is -0.124. The predicted molar refractivity (Wildman–Crippen MR) is 84.5 cm³/mol. The number of rotatable bonds is 5. The lowest BCUT2D eigenvalue weighted by Gasteiger charge is -2.31. The average molecular weight is 347 g/mol. The van der Waals surface area contributed by atoms with Gasteiger partial charge < -0.3 is 10.1 Å². The number of nitrogens with zero attached hydrogens (tertiary/aromatic N) is 1. The quantitative estimate of drug-likeness (QED) is 0.870. The van der Waals surface area contributed by atoms with E-state index in [9.17, 15) is 13.2 Å². The zero-order valence-corrected chi connectivity index (χ0v) is 13.9. The van der Waals surface area contributed by atoms with E-state index in [-0.39, 0.29) is 18.6 Å². The Morgan fingerprint density at radius 1 is 1.41 bits per heavy atom. The van der Waals surface area contributed by atoms with Crippen molar-refractivity contribution in [3.63, 3.8) is 0 Å². The first-order valence-electron chi connectivity index (χ1n) is 6.97. The summed E-state index contributed by atoms with van der Waals surface area (Å²) < 4.78 is 29.8. The third-order valence-corrected chi connectivity index (χ3v) is 4.92. The Bertz CT molecular complexity index is 618. The molecular weight excluding hydrogens is 328 g/mol. The summed E-state index contributed by atoms with van der Waals surface area (Å²) in [6, 6.07) is 6.55. The molecule has 8 heteroatoms. The standard InChI is InChI=1S/C14H19ClN2O4S/c1-22(19,20)17-8-2-3-12(9-17)16-14(18)10-21-13-6-4-11(15)5-7-13/h4-7,12H,2-3,8-10H2,1H3,(H,16,18). The van der Waals surface area contributed by atoms with Gasteiger partial charge in [-0.3, -0.25) is 4.79 Å². The van der Waals surface area contributed by atoms with Gasteiger partial charge in [0.25, 0.3) is 5.91 Å². The fraction of sp³-hybridized carbons (Fsp3) is 0.500. The zero-order valence-electron chi connectivity index (χ0n) is 12.3. The van der Waals surface area contributed by atoms with E-state index in [1.54, 1.807) is 24.3 Å². The van der Waals surface area contributed by atoms with Crippen molar-refractivity contribution in [1.29, 1.82) is 0 Å². The first kappa shape index (κ1) is 17.1. The Labute approximate surface area is 135 Å². The number of hydrogen-bond donors (Lipinski definition) is 1. The Morgan fingerprint density at radius 2 is 2.09 bits per heavy atom. The van der Waals surface area contributed by atoms with Crippen molar-refractivity contribution in [2.24, 2.45) is 0 Å². The van der Waals surface area contributed by atoms with Gasteiger partial charge in [-0.2, -0.15) is 0 Å². The number of nitrogens with one attached hydrogen (secondary N) is 1. The average Bonchev–Trinajstić information content (AvgIpc) is 2.46. The minimum atomic E-state index is -3.22. The number of piperidine rings is 1. The van der Waals surface area contributed by atoms with E-state index >= 15 is 0 Å². The number of sulfonamides is 1. The van der Waals surface area contributed by atoms with Crippen LogP contribution >= 0.6 is 11.6 Å². The van der Waals surface area contributed by atoms with Crippen molar-refractivity contribution >= 4 is 27.5 Å². The van der Waals surface area contributed by atoms with Crippen LogP contribution in [0.25, 0.3) is 0 Å². The van der Waals surface area contributed by atoms with Crippen LogP contribution in [0.15, 0.2) is 24.3 Å². The molecule has 0 spiro atoms. The molecule has 1 atom stereocenters. The number of carbonyl (C=O) groups excluding carboxylic acids is 1. The molecule has 2 rings (SSSR count). The largest absolute Gasteiger partial charge is 0.484 e. The maximum atomic E-state index is 11.9. The Balaban J connectivity index is 1.80. The van der Waals surface area contributed by atoms with E-state index in [4.69, 9.17) is 16.3 Å². The van der Waals surface area contributed by atoms with Crippen LogP contribution in [-0.2, 0) is 14.8 Å². The van der Waals surface area contributed by atoms with Crippen LogP contribution in [0.3, 0.4) is 0 Å². The summed E-state index contributed by atoms with van der Waals surface area (Å²) in [5, 5.41) is 3.40. The van der Waals surface area contributed by atoms with Crippen molar-refractivity contribution in [2.45, 2.75) is 18.9 Å². The second kappa shape index (κ2) is 7.30. The molecule has 0 bridgehead atoms. The van der Waals surface area contributed by atoms with Gasteiger partial charge in [-0.1, -0.05) is 11.6 Å². The Kier molecular flexibility index (Phi) is 5.66. The number of hydrogen-bond acceptors (Lipinski definition) is 4. The molecule has 1 fully saturated rings. The molecular formula is C14H19ClN2O4S. The van der Waals surface area contributed by atoms with Gasteiger partial charge in [0, 0.05) is 24.2 Å². The minimum Gasteiger partial charge on any atom is -0.484 e. The number of halogens is 1. The SMILES string of the molecule is CS(=O)(=O)N1CCCC(NC(=O)COc2ccc(Cl)cc2)C1. The van der Waals surface area contributed by atoms with Gasteiger partial charge in [0.05, 0.1) is 6.26 Å². The Morgan fingerprint density at radius 3 is 2.73 bits per heavy atom. The summed E-state index contributed by atoms with van der Waals surface area (Å²) in [5.74, 6) is 0.288. The molecule has 122 valence electrons. The van der Waals surface area contributed by atoms with Gasteiger partial charge in [-0.25, -0.2) is 12.7 Å². The second-order valence-electron chi connectivity index (χ2n) is 5.27. The highest BCUT2D eigenvalue weighted by atomic mass is 35.5. The van der Waals surface area contributed by atoms with Crippen LogP contribution in [0.1, 0.15) is 12.8 Å². The summed E-state index contributed by atoms with van der Waals surface area (Å²) >= 11 is 5.77. The molecule has 1 aromatic carbocycles. The van der Waals surface area contributed by atoms with Gasteiger partial charge in [0.2, 0.25) is 10.0 Å². The summed E-state index contributed by atoms with van der Waals surface area (Å²) in [7, 11) is -3.22. The van der Waals surface area contributed by atoms with Gasteiger partial charge in [-0.05, 0) is 37.1 Å². The molecule has 1 aliphatic heterocycles. The fourth-order valence-electron chi connectivity index (χ4n) is 2.31. The molecule has 0 aromatic heterocycles. The molecule has 1 heterocycles. The molecule has 6 nitrogen and oxygen atoms in total. The van der Waals surface area contributed by atoms with Crippen molar-refractivity contribution in [3.8, 4) is 5.75 Å². The van der Waals surface area contributed by atoms with Gasteiger partial charge in [0.15, 0.2) is 6.61 Å². The third kappa shape index (κ3) is 5.15. The lowest BCUT2D eigenvalue weighted by Crippen LogP contribution is -2.50. The molecule has 0 radical (unpaired) electrons. The number of benzene rings is 1. The molecule has 22 heavy (non-hydrogen) atoms. The summed E-state index contributed by atoms with van der Waals surface area (Å²) in [6.45, 7) is 0.703. The van der Waals surface area contributed by atoms with Crippen LogP contribution in [-0.4, -0.2) is 50.6 Å². The van der Waals surface area contributed by atoms with E-state index in [2.05, 4.69) is 5.32 Å². The molecule has 1 saturated heterocycles. The van der Waals surface area contributed by atoms with Crippen LogP contribution < -0.4 is 10.1 Å². The van der Waals surface area contributed by atoms with E-state index in [0.717, 1.165) is 12.8 Å². The van der Waals surface area contributed by atoms with Crippen LogP contribution in [0.2, 0.25) is 5.02 Å². The molecule has 1 amide bonds. The third-order valence-electron chi connectivity index (χ3n) is 3.40. The van der Waals surface area contributed by atoms with Gasteiger partial charge in [0.1, 0.15) is 5.75 Å². The van der Waals surface area contributed by atoms with Crippen LogP contribution in [0, 0.1) is 0 Å². The lowest BCUT2D eigenvalue weighted by atomic mass is 10.1. The highest BCUT2D eigenvalue weighted by Gasteiger charge is 2.26. The predicted octanol–water partition coefficient (Wildman–Crippen LogP) is 1.26. The summed E-state index contributed by atoms with van der Waals surface area (Å²) in [4.78, 5) is 11.9. The highest BCUT2D eigenvalue weighted by molar-refractivity contribution is 7.88. The molecule has 0 saturated carbocycles. The number of amides is 1. The Hall–Kier alpha value is -1.31. The van der Waals surface area contributed by atoms with E-state index < -0.39 is 10.0 Å². The van der Waals surface area contributed by atoms with Gasteiger partial charge >= 0.3 is 0 Å². The monoisotopic (exact) mass is 346 g/mol. The highest BCUT2D eigenvalue weighted by Crippen LogP contribution is 2.16. The van der Waals surface area contributed by atoms with Crippen LogP contribution in [0.4, 0.5) is 0 Å². The minimum absolute atomic E-state index is 0.114. The van der Waals surface area contributed by atoms with Crippen LogP contribution in [0.5, 0.6) is 5.75 Å². The molecule has 1 N–H and O–H groups in total. The van der Waals surface area contributed by atoms with Crippen molar-refractivity contribution in [3.05, 3.63) is 29.3 Å². The molecule has 1 aromatic rings. The van der Waals surface area contributed by atoms with E-state index in [0.29, 0.717) is 23.9 Å². The molecule has 1 aliphatic rings. The van der Waals surface area contributed by atoms with Crippen molar-refractivity contribution < 1.29 is 17.9 Å². The molecule has 0 aliphatic carbocycles. The number of carbonyl (C=O) groups is 1. The second-order valence-corrected chi connectivity index (χ2v) is 7.69. The first-order chi connectivity index (χ1) is 10.3. The fourth-order valence-corrected chi connectivity index (χ4v) is 3.35. The summed E-state index contributed by atoms with van der Waals surface area (Å²) in [5.41, 5.74) is 0. The maximum Gasteiger partial charge on any atom is 0.258 e. The zero-order chi connectivity index (χ0) is 16.2. The topological polar surface area (TPSA) is 75.7 Å². The van der Waals surface area contributed by atoms with E-state index in [1.165, 1.54) is 10.6 Å². The van der Waals surface area contributed by atoms with Gasteiger partial charge in [-0.15, -0.1) is 0 Å². The normalized spacial score (nSPS) is 19.6. The first-order valence-corrected chi connectivity index (χ1v) is 9.20. The summed E-state index contributed by atoms with van der Waals surface area (Å²) in [6.07, 6.45) is 2.68. The van der Waals surface area contributed by atoms with E-state index in [1.807, 2.05) is 0 Å². The smallest absolute Gasteiger partial charge is 0.258 e. The molecule has 1 unspecified atom stereocenters. The maximum absolute atomic E-state index is 11.9.